The van der Waals surface area contributed by atoms with Crippen LogP contribution in [0, 0.1) is 13.8 Å². The highest BCUT2D eigenvalue weighted by Gasteiger charge is 2.24. The molecule has 3 nitrogen and oxygen atoms in total. The van der Waals surface area contributed by atoms with Crippen LogP contribution in [-0.2, 0) is 4.79 Å². The smallest absolute Gasteiger partial charge is 0.265 e. The van der Waals surface area contributed by atoms with E-state index in [9.17, 15) is 4.79 Å². The summed E-state index contributed by atoms with van der Waals surface area (Å²) >= 11 is 0. The molecule has 14 heavy (non-hydrogen) atoms. The monoisotopic (exact) mass is 191 g/mol. The van der Waals surface area contributed by atoms with E-state index >= 15 is 0 Å². The van der Waals surface area contributed by atoms with Crippen molar-refractivity contribution in [3.8, 4) is 5.75 Å². The van der Waals surface area contributed by atoms with Crippen molar-refractivity contribution in [1.82, 2.24) is 0 Å². The molecule has 74 valence electrons. The summed E-state index contributed by atoms with van der Waals surface area (Å²) in [6.07, 6.45) is -0.399. The van der Waals surface area contributed by atoms with Gasteiger partial charge in [0.2, 0.25) is 0 Å². The number of aryl methyl sites for hydroxylation is 2. The number of hydrogen-bond donors (Lipinski definition) is 1. The summed E-state index contributed by atoms with van der Waals surface area (Å²) in [6, 6.07) is 3.97. The minimum absolute atomic E-state index is 0.0810. The van der Waals surface area contributed by atoms with E-state index in [1.807, 2.05) is 26.0 Å². The van der Waals surface area contributed by atoms with Gasteiger partial charge in [0.25, 0.3) is 5.91 Å². The molecule has 1 aliphatic rings. The van der Waals surface area contributed by atoms with Crippen LogP contribution in [0.25, 0.3) is 0 Å². The lowest BCUT2D eigenvalue weighted by molar-refractivity contribution is -0.122. The van der Waals surface area contributed by atoms with Crippen LogP contribution in [0.5, 0.6) is 5.75 Å². The van der Waals surface area contributed by atoms with Gasteiger partial charge in [0, 0.05) is 0 Å². The third kappa shape index (κ3) is 1.35. The Morgan fingerprint density at radius 3 is 2.79 bits per heavy atom. The maximum absolute atomic E-state index is 11.3. The molecule has 1 amide bonds. The van der Waals surface area contributed by atoms with Crippen molar-refractivity contribution in [3.05, 3.63) is 23.3 Å². The number of rotatable bonds is 0. The Labute approximate surface area is 83.1 Å². The summed E-state index contributed by atoms with van der Waals surface area (Å²) in [4.78, 5) is 11.3. The van der Waals surface area contributed by atoms with Gasteiger partial charge in [-0.15, -0.1) is 0 Å². The van der Waals surface area contributed by atoms with Crippen LogP contribution >= 0.6 is 0 Å². The molecule has 1 aromatic rings. The van der Waals surface area contributed by atoms with Crippen LogP contribution in [0.1, 0.15) is 18.1 Å². The number of carbonyl (C=O) groups is 1. The average Bonchev–Trinajstić information content (AvgIpc) is 2.08. The third-order valence-electron chi connectivity index (χ3n) is 2.34. The maximum Gasteiger partial charge on any atom is 0.265 e. The Bertz CT molecular complexity index is 399. The third-order valence-corrected chi connectivity index (χ3v) is 2.34. The number of hydrogen-bond acceptors (Lipinski definition) is 2. The van der Waals surface area contributed by atoms with Gasteiger partial charge in [0.1, 0.15) is 5.75 Å². The SMILES string of the molecule is Cc1cc(C)c2c(c1)NC(=O)C(C)O2. The van der Waals surface area contributed by atoms with Gasteiger partial charge < -0.3 is 10.1 Å². The number of carbonyl (C=O) groups excluding carboxylic acids is 1. The highest BCUT2D eigenvalue weighted by molar-refractivity contribution is 5.97. The van der Waals surface area contributed by atoms with Crippen LogP contribution in [-0.4, -0.2) is 12.0 Å². The van der Waals surface area contributed by atoms with Gasteiger partial charge in [-0.2, -0.15) is 0 Å². The average molecular weight is 191 g/mol. The van der Waals surface area contributed by atoms with Gasteiger partial charge in [0.05, 0.1) is 5.69 Å². The first-order chi connectivity index (χ1) is 6.58. The second kappa shape index (κ2) is 3.01. The molecule has 3 heteroatoms. The minimum Gasteiger partial charge on any atom is -0.478 e. The first kappa shape index (κ1) is 9.06. The molecular weight excluding hydrogens is 178 g/mol. The van der Waals surface area contributed by atoms with Gasteiger partial charge in [-0.3, -0.25) is 4.79 Å². The summed E-state index contributed by atoms with van der Waals surface area (Å²) in [5.74, 6) is 0.713. The molecule has 1 N–H and O–H groups in total. The molecule has 1 heterocycles. The Kier molecular flexibility index (Phi) is 1.95. The summed E-state index contributed by atoms with van der Waals surface area (Å²) in [6.45, 7) is 5.73. The van der Waals surface area contributed by atoms with Crippen LogP contribution < -0.4 is 10.1 Å². The molecule has 1 aliphatic heterocycles. The molecule has 0 saturated heterocycles. The van der Waals surface area contributed by atoms with E-state index in [-0.39, 0.29) is 5.91 Å². The molecule has 0 spiro atoms. The van der Waals surface area contributed by atoms with Gasteiger partial charge in [-0.05, 0) is 38.0 Å². The van der Waals surface area contributed by atoms with Crippen molar-refractivity contribution in [2.45, 2.75) is 26.9 Å². The largest absolute Gasteiger partial charge is 0.478 e. The number of ether oxygens (including phenoxy) is 1. The fourth-order valence-electron chi connectivity index (χ4n) is 1.67. The number of nitrogens with one attached hydrogen (secondary N) is 1. The molecular formula is C11H13NO2. The van der Waals surface area contributed by atoms with Crippen molar-refractivity contribution in [2.75, 3.05) is 5.32 Å². The molecule has 1 aromatic carbocycles. The summed E-state index contributed by atoms with van der Waals surface area (Å²) in [5.41, 5.74) is 2.97. The molecule has 0 radical (unpaired) electrons. The van der Waals surface area contributed by atoms with E-state index < -0.39 is 6.10 Å². The minimum atomic E-state index is -0.399. The quantitative estimate of drug-likeness (QED) is 0.681. The Balaban J connectivity index is 2.51. The molecule has 0 aromatic heterocycles. The maximum atomic E-state index is 11.3. The Hall–Kier alpha value is -1.51. The Morgan fingerprint density at radius 1 is 1.36 bits per heavy atom. The molecule has 2 rings (SSSR count). The molecule has 1 unspecified atom stereocenters. The summed E-state index contributed by atoms with van der Waals surface area (Å²) in [5, 5.41) is 2.83. The van der Waals surface area contributed by atoms with E-state index in [1.165, 1.54) is 0 Å². The van der Waals surface area contributed by atoms with Crippen molar-refractivity contribution in [3.63, 3.8) is 0 Å². The number of fused-ring (bicyclic) bond motifs is 1. The second-order valence-electron chi connectivity index (χ2n) is 3.71. The van der Waals surface area contributed by atoms with Crippen LogP contribution in [0.2, 0.25) is 0 Å². The first-order valence-corrected chi connectivity index (χ1v) is 4.66. The molecule has 0 saturated carbocycles. The molecule has 0 bridgehead atoms. The van der Waals surface area contributed by atoms with Crippen molar-refractivity contribution in [1.29, 1.82) is 0 Å². The lowest BCUT2D eigenvalue weighted by Gasteiger charge is -2.25. The van der Waals surface area contributed by atoms with Gasteiger partial charge in [-0.1, -0.05) is 6.07 Å². The van der Waals surface area contributed by atoms with Gasteiger partial charge in [-0.25, -0.2) is 0 Å². The van der Waals surface area contributed by atoms with Crippen molar-refractivity contribution in [2.24, 2.45) is 0 Å². The zero-order chi connectivity index (χ0) is 10.3. The van der Waals surface area contributed by atoms with E-state index in [2.05, 4.69) is 5.32 Å². The van der Waals surface area contributed by atoms with Crippen molar-refractivity contribution < 1.29 is 9.53 Å². The van der Waals surface area contributed by atoms with Crippen LogP contribution in [0.3, 0.4) is 0 Å². The zero-order valence-electron chi connectivity index (χ0n) is 8.55. The predicted molar refractivity (Wildman–Crippen MR) is 54.6 cm³/mol. The van der Waals surface area contributed by atoms with E-state index in [0.29, 0.717) is 0 Å². The number of amides is 1. The zero-order valence-corrected chi connectivity index (χ0v) is 8.55. The standard InChI is InChI=1S/C11H13NO2/c1-6-4-7(2)10-9(5-6)12-11(13)8(3)14-10/h4-5,8H,1-3H3,(H,12,13). The van der Waals surface area contributed by atoms with E-state index in [4.69, 9.17) is 4.74 Å². The molecule has 1 atom stereocenters. The van der Waals surface area contributed by atoms with E-state index in [1.54, 1.807) is 6.92 Å². The van der Waals surface area contributed by atoms with E-state index in [0.717, 1.165) is 22.6 Å². The molecule has 0 fully saturated rings. The predicted octanol–water partition coefficient (Wildman–Crippen LogP) is 2.02. The summed E-state index contributed by atoms with van der Waals surface area (Å²) in [7, 11) is 0. The van der Waals surface area contributed by atoms with Crippen LogP contribution in [0.4, 0.5) is 5.69 Å². The lowest BCUT2D eigenvalue weighted by Crippen LogP contribution is -2.34. The van der Waals surface area contributed by atoms with Crippen LogP contribution in [0.15, 0.2) is 12.1 Å². The van der Waals surface area contributed by atoms with Crippen molar-refractivity contribution >= 4 is 11.6 Å². The fraction of sp³-hybridized carbons (Fsp3) is 0.364. The second-order valence-corrected chi connectivity index (χ2v) is 3.71. The summed E-state index contributed by atoms with van der Waals surface area (Å²) < 4.78 is 5.52. The first-order valence-electron chi connectivity index (χ1n) is 4.66. The highest BCUT2D eigenvalue weighted by Crippen LogP contribution is 2.33. The van der Waals surface area contributed by atoms with Gasteiger partial charge in [0.15, 0.2) is 6.10 Å². The number of anilines is 1. The Morgan fingerprint density at radius 2 is 2.07 bits per heavy atom. The topological polar surface area (TPSA) is 38.3 Å². The normalized spacial score (nSPS) is 19.6. The van der Waals surface area contributed by atoms with Gasteiger partial charge >= 0.3 is 0 Å². The lowest BCUT2D eigenvalue weighted by atomic mass is 10.1. The highest BCUT2D eigenvalue weighted by atomic mass is 16.5. The number of benzene rings is 1. The fourth-order valence-corrected chi connectivity index (χ4v) is 1.67. The molecule has 0 aliphatic carbocycles.